The molecule has 0 aromatic heterocycles. The molecule has 0 saturated heterocycles. The summed E-state index contributed by atoms with van der Waals surface area (Å²) in [5, 5.41) is 9.56. The van der Waals surface area contributed by atoms with E-state index in [0.29, 0.717) is 37.1 Å². The highest BCUT2D eigenvalue weighted by atomic mass is 127. The predicted molar refractivity (Wildman–Crippen MR) is 137 cm³/mol. The van der Waals surface area contributed by atoms with E-state index in [-0.39, 0.29) is 12.5 Å². The van der Waals surface area contributed by atoms with Crippen LogP contribution in [-0.2, 0) is 14.3 Å². The Morgan fingerprint density at radius 1 is 1.15 bits per heavy atom. The number of esters is 1. The largest absolute Gasteiger partial charge is 0.493 e. The number of carbonyl (C=O) groups excluding carboxylic acids is 2. The third kappa shape index (κ3) is 5.93. The average Bonchev–Trinajstić information content (AvgIpc) is 2.78. The van der Waals surface area contributed by atoms with Gasteiger partial charge in [0.25, 0.3) is 5.91 Å². The van der Waals surface area contributed by atoms with Crippen molar-refractivity contribution in [2.45, 2.75) is 19.9 Å². The third-order valence-corrected chi connectivity index (χ3v) is 5.99. The molecule has 1 aliphatic heterocycles. The minimum Gasteiger partial charge on any atom is -0.493 e. The zero-order valence-corrected chi connectivity index (χ0v) is 21.6. The van der Waals surface area contributed by atoms with Gasteiger partial charge < -0.3 is 30.2 Å². The minimum absolute atomic E-state index is 0.249. The Hall–Kier alpha value is -2.86. The molecule has 3 rings (SSSR count). The lowest BCUT2D eigenvalue weighted by Gasteiger charge is -2.31. The van der Waals surface area contributed by atoms with Crippen LogP contribution in [-0.4, -0.2) is 37.8 Å². The van der Waals surface area contributed by atoms with E-state index in [4.69, 9.17) is 21.7 Å². The molecular formula is C23H24IN3O5S. The third-order valence-electron chi connectivity index (χ3n) is 4.97. The van der Waals surface area contributed by atoms with E-state index in [1.807, 2.05) is 37.3 Å². The summed E-state index contributed by atoms with van der Waals surface area (Å²) in [5.41, 5.74) is 3.68. The number of ether oxygens (including phenoxy) is 3. The highest BCUT2D eigenvalue weighted by Gasteiger charge is 2.31. The number of anilines is 1. The molecule has 2 aromatic rings. The zero-order valence-electron chi connectivity index (χ0n) is 18.6. The summed E-state index contributed by atoms with van der Waals surface area (Å²) in [5.74, 6) is 0.0675. The van der Waals surface area contributed by atoms with Crippen LogP contribution in [0.5, 0.6) is 11.5 Å². The number of rotatable bonds is 7. The first kappa shape index (κ1) is 24.8. The number of carbonyl (C=O) groups is 2. The fourth-order valence-corrected chi connectivity index (χ4v) is 4.37. The molecule has 3 N–H and O–H groups in total. The molecule has 1 atom stereocenters. The molecular weight excluding hydrogens is 557 g/mol. The second-order valence-electron chi connectivity index (χ2n) is 7.29. The van der Waals surface area contributed by atoms with Crippen molar-refractivity contribution >= 4 is 57.5 Å². The molecule has 174 valence electrons. The smallest absolute Gasteiger partial charge is 0.343 e. The Morgan fingerprint density at radius 3 is 2.48 bits per heavy atom. The lowest BCUT2D eigenvalue weighted by atomic mass is 9.94. The van der Waals surface area contributed by atoms with Crippen molar-refractivity contribution in [1.29, 1.82) is 0 Å². The molecule has 0 saturated carbocycles. The van der Waals surface area contributed by atoms with Crippen molar-refractivity contribution in [3.8, 4) is 11.5 Å². The van der Waals surface area contributed by atoms with E-state index >= 15 is 0 Å². The number of hydrogen-bond donors (Lipinski definition) is 3. The molecule has 1 heterocycles. The molecule has 1 amide bonds. The van der Waals surface area contributed by atoms with Crippen LogP contribution in [0.1, 0.15) is 24.1 Å². The second kappa shape index (κ2) is 10.8. The van der Waals surface area contributed by atoms with Crippen LogP contribution >= 0.6 is 34.8 Å². The summed E-state index contributed by atoms with van der Waals surface area (Å²) < 4.78 is 16.4. The monoisotopic (exact) mass is 581 g/mol. The molecule has 0 radical (unpaired) electrons. The van der Waals surface area contributed by atoms with E-state index in [1.165, 1.54) is 14.2 Å². The van der Waals surface area contributed by atoms with Crippen LogP contribution < -0.4 is 25.4 Å². The number of allylic oxidation sites excluding steroid dienone is 1. The van der Waals surface area contributed by atoms with E-state index in [1.54, 1.807) is 13.0 Å². The molecule has 0 fully saturated rings. The first-order valence-corrected chi connectivity index (χ1v) is 11.5. The Bertz CT molecular complexity index is 1120. The normalized spacial score (nSPS) is 15.3. The summed E-state index contributed by atoms with van der Waals surface area (Å²) in [6.07, 6.45) is 0. The van der Waals surface area contributed by atoms with Crippen molar-refractivity contribution < 1.29 is 23.8 Å². The van der Waals surface area contributed by atoms with Gasteiger partial charge in [-0.3, -0.25) is 4.79 Å². The highest BCUT2D eigenvalue weighted by Crippen LogP contribution is 2.38. The van der Waals surface area contributed by atoms with Crippen LogP contribution in [0.2, 0.25) is 0 Å². The highest BCUT2D eigenvalue weighted by molar-refractivity contribution is 14.1. The molecule has 0 aliphatic carbocycles. The summed E-state index contributed by atoms with van der Waals surface area (Å²) in [6, 6.07) is 10.7. The average molecular weight is 581 g/mol. The molecule has 33 heavy (non-hydrogen) atoms. The van der Waals surface area contributed by atoms with Gasteiger partial charge in [0.15, 0.2) is 23.2 Å². The topological polar surface area (TPSA) is 97.9 Å². The van der Waals surface area contributed by atoms with E-state index in [9.17, 15) is 9.59 Å². The van der Waals surface area contributed by atoms with Crippen molar-refractivity contribution in [3.63, 3.8) is 0 Å². The van der Waals surface area contributed by atoms with Crippen LogP contribution in [0.4, 0.5) is 5.69 Å². The summed E-state index contributed by atoms with van der Waals surface area (Å²) in [7, 11) is 2.80. The molecule has 8 nitrogen and oxygen atoms in total. The van der Waals surface area contributed by atoms with Crippen LogP contribution in [0.3, 0.4) is 0 Å². The van der Waals surface area contributed by atoms with Gasteiger partial charge in [-0.1, -0.05) is 17.7 Å². The summed E-state index contributed by atoms with van der Waals surface area (Å²) in [6.45, 7) is 3.54. The van der Waals surface area contributed by atoms with E-state index in [2.05, 4.69) is 43.3 Å². The summed E-state index contributed by atoms with van der Waals surface area (Å²) >= 11 is 7.45. The molecule has 0 spiro atoms. The maximum Gasteiger partial charge on any atom is 0.343 e. The van der Waals surface area contributed by atoms with Gasteiger partial charge >= 0.3 is 5.97 Å². The molecule has 10 heteroatoms. The standard InChI is InChI=1S/C23H24IN3O5S/c1-12-5-7-15(8-6-12)26-22(29)19-13(2)25-23(33)27-20(19)14-9-16(24)21(17(10-14)30-3)32-11-18(28)31-4/h5-10,20H,11H2,1-4H3,(H,26,29)(H2,25,27,33)/t20-/m1/s1. The van der Waals surface area contributed by atoms with Gasteiger partial charge in [-0.25, -0.2) is 4.79 Å². The maximum absolute atomic E-state index is 13.3. The van der Waals surface area contributed by atoms with Gasteiger partial charge in [-0.05, 0) is 78.5 Å². The lowest BCUT2D eigenvalue weighted by Crippen LogP contribution is -2.45. The Morgan fingerprint density at radius 2 is 1.85 bits per heavy atom. The Balaban J connectivity index is 1.96. The van der Waals surface area contributed by atoms with Gasteiger partial charge in [0, 0.05) is 11.4 Å². The molecule has 2 aromatic carbocycles. The maximum atomic E-state index is 13.3. The van der Waals surface area contributed by atoms with Crippen LogP contribution in [0.15, 0.2) is 47.7 Å². The van der Waals surface area contributed by atoms with Gasteiger partial charge in [0.1, 0.15) is 0 Å². The zero-order chi connectivity index (χ0) is 24.1. The molecule has 0 unspecified atom stereocenters. The van der Waals surface area contributed by atoms with Crippen molar-refractivity contribution in [2.75, 3.05) is 26.1 Å². The van der Waals surface area contributed by atoms with Crippen molar-refractivity contribution in [2.24, 2.45) is 0 Å². The number of halogens is 1. The number of hydrogen-bond acceptors (Lipinski definition) is 6. The number of methoxy groups -OCH3 is 2. The fraction of sp³-hybridized carbons (Fsp3) is 0.261. The Kier molecular flexibility index (Phi) is 8.14. The number of thiocarbonyl (C=S) groups is 1. The van der Waals surface area contributed by atoms with Crippen molar-refractivity contribution in [1.82, 2.24) is 10.6 Å². The van der Waals surface area contributed by atoms with E-state index in [0.717, 1.165) is 11.1 Å². The minimum atomic E-state index is -0.527. The predicted octanol–water partition coefficient (Wildman–Crippen LogP) is 3.59. The van der Waals surface area contributed by atoms with Crippen LogP contribution in [0, 0.1) is 10.5 Å². The summed E-state index contributed by atoms with van der Waals surface area (Å²) in [4.78, 5) is 24.8. The first-order chi connectivity index (χ1) is 15.7. The quantitative estimate of drug-likeness (QED) is 0.260. The molecule has 0 bridgehead atoms. The van der Waals surface area contributed by atoms with Gasteiger partial charge in [0.2, 0.25) is 0 Å². The number of benzene rings is 2. The number of nitrogens with one attached hydrogen (secondary N) is 3. The lowest BCUT2D eigenvalue weighted by molar-refractivity contribution is -0.142. The van der Waals surface area contributed by atoms with E-state index < -0.39 is 12.0 Å². The first-order valence-electron chi connectivity index (χ1n) is 9.96. The second-order valence-corrected chi connectivity index (χ2v) is 8.86. The van der Waals surface area contributed by atoms with Gasteiger partial charge in [-0.2, -0.15) is 0 Å². The van der Waals surface area contributed by atoms with Gasteiger partial charge in [-0.15, -0.1) is 0 Å². The fourth-order valence-electron chi connectivity index (χ4n) is 3.32. The van der Waals surface area contributed by atoms with Crippen molar-refractivity contribution in [3.05, 3.63) is 62.4 Å². The molecule has 1 aliphatic rings. The van der Waals surface area contributed by atoms with Crippen LogP contribution in [0.25, 0.3) is 0 Å². The SMILES string of the molecule is COC(=O)COc1c(I)cc([C@H]2NC(=S)NC(C)=C2C(=O)Nc2ccc(C)cc2)cc1OC. The van der Waals surface area contributed by atoms with Gasteiger partial charge in [0.05, 0.1) is 29.4 Å². The number of aryl methyl sites for hydroxylation is 1. The number of amides is 1. The Labute approximate surface area is 211 Å².